The fourth-order valence-corrected chi connectivity index (χ4v) is 16.4. The Morgan fingerprint density at radius 3 is 0.431 bits per heavy atom. The molecule has 0 radical (unpaired) electrons. The summed E-state index contributed by atoms with van der Waals surface area (Å²) < 4.78 is 54.1. The fourth-order valence-electron chi connectivity index (χ4n) is 16.4. The molecular formula is C100H180N10O20. The van der Waals surface area contributed by atoms with Crippen molar-refractivity contribution in [3.8, 4) is 0 Å². The van der Waals surface area contributed by atoms with Gasteiger partial charge in [-0.1, -0.05) is 161 Å². The molecule has 10 rings (SSSR count). The van der Waals surface area contributed by atoms with Gasteiger partial charge in [-0.05, 0) is 155 Å². The molecular weight excluding hydrogens is 1660 g/mol. The van der Waals surface area contributed by atoms with Gasteiger partial charge in [-0.2, -0.15) is 0 Å². The fraction of sp³-hybridized carbons (Fsp3) is 0.900. The summed E-state index contributed by atoms with van der Waals surface area (Å²) in [6.07, 6.45) is 50.8. The maximum atomic E-state index is 12.4. The van der Waals surface area contributed by atoms with Gasteiger partial charge in [0.1, 0.15) is 0 Å². The molecule has 0 heterocycles. The molecule has 10 saturated carbocycles. The Morgan fingerprint density at radius 2 is 0.315 bits per heavy atom. The van der Waals surface area contributed by atoms with Gasteiger partial charge in [0.2, 0.25) is 59.1 Å². The maximum absolute atomic E-state index is 12.4. The zero-order valence-electron chi connectivity index (χ0n) is 81.3. The highest BCUT2D eigenvalue weighted by atomic mass is 16.5. The molecule has 5 atom stereocenters. The molecule has 0 aliphatic heterocycles. The van der Waals surface area contributed by atoms with E-state index in [-0.39, 0.29) is 88.7 Å². The Balaban J connectivity index is 0.000000250. The number of nitrogens with one attached hydrogen (secondary N) is 10. The van der Waals surface area contributed by atoms with E-state index in [1.165, 1.54) is 259 Å². The van der Waals surface area contributed by atoms with Gasteiger partial charge in [0.15, 0.2) is 0 Å². The molecule has 750 valence electrons. The smallest absolute Gasteiger partial charge is 0.223 e. The van der Waals surface area contributed by atoms with Crippen molar-refractivity contribution >= 4 is 59.1 Å². The number of carbonyl (C=O) groups excluding carboxylic acids is 10. The van der Waals surface area contributed by atoms with Gasteiger partial charge in [0, 0.05) is 130 Å². The third-order valence-electron chi connectivity index (χ3n) is 25.7. The highest BCUT2D eigenvalue weighted by Crippen LogP contribution is 2.45. The number of rotatable bonds is 80. The Bertz CT molecular complexity index is 2560. The molecule has 0 bridgehead atoms. The number of hydrogen-bond acceptors (Lipinski definition) is 20. The number of unbranched alkanes of at least 4 members (excludes halogenated alkanes) is 5. The predicted octanol–water partition coefficient (Wildman–Crippen LogP) is 11.3. The van der Waals surface area contributed by atoms with Crippen LogP contribution in [0.1, 0.15) is 291 Å². The average molecular weight is 1840 g/mol. The molecule has 5 unspecified atom stereocenters. The largest absolute Gasteiger partial charge is 0.377 e. The number of hydrogen-bond donors (Lipinski definition) is 10. The van der Waals surface area contributed by atoms with E-state index in [0.717, 1.165) is 61.7 Å². The maximum Gasteiger partial charge on any atom is 0.223 e. The second-order valence-electron chi connectivity index (χ2n) is 38.4. The van der Waals surface area contributed by atoms with Crippen LogP contribution in [0.4, 0.5) is 0 Å². The molecule has 10 aliphatic carbocycles. The summed E-state index contributed by atoms with van der Waals surface area (Å²) in [5.41, 5.74) is 0. The van der Waals surface area contributed by atoms with Gasteiger partial charge in [-0.25, -0.2) is 0 Å². The van der Waals surface area contributed by atoms with Crippen molar-refractivity contribution in [3.05, 3.63) is 0 Å². The minimum Gasteiger partial charge on any atom is -0.377 e. The van der Waals surface area contributed by atoms with Crippen molar-refractivity contribution in [3.63, 3.8) is 0 Å². The summed E-state index contributed by atoms with van der Waals surface area (Å²) in [6.45, 7) is 22.9. The quantitative estimate of drug-likeness (QED) is 0.0253. The van der Waals surface area contributed by atoms with E-state index >= 15 is 0 Å². The first-order chi connectivity index (χ1) is 63.3. The van der Waals surface area contributed by atoms with Crippen molar-refractivity contribution in [2.24, 2.45) is 88.8 Å². The third kappa shape index (κ3) is 66.7. The van der Waals surface area contributed by atoms with Crippen molar-refractivity contribution in [1.82, 2.24) is 53.2 Å². The van der Waals surface area contributed by atoms with Crippen LogP contribution in [0.2, 0.25) is 0 Å². The first-order valence-electron chi connectivity index (χ1n) is 51.7. The van der Waals surface area contributed by atoms with Crippen LogP contribution in [0.25, 0.3) is 0 Å². The lowest BCUT2D eigenvalue weighted by Crippen LogP contribution is -2.34. The molecule has 10 N–H and O–H groups in total. The predicted molar refractivity (Wildman–Crippen MR) is 504 cm³/mol. The normalized spacial score (nSPS) is 17.7. The van der Waals surface area contributed by atoms with Crippen LogP contribution in [0.15, 0.2) is 0 Å². The van der Waals surface area contributed by atoms with Crippen LogP contribution in [0, 0.1) is 88.8 Å². The first-order valence-corrected chi connectivity index (χ1v) is 51.7. The van der Waals surface area contributed by atoms with Crippen molar-refractivity contribution in [2.45, 2.75) is 291 Å². The summed E-state index contributed by atoms with van der Waals surface area (Å²) in [5, 5.41) is 28.5. The van der Waals surface area contributed by atoms with E-state index in [4.69, 9.17) is 47.4 Å². The molecule has 0 spiro atoms. The number of carbonyl (C=O) groups is 10. The van der Waals surface area contributed by atoms with Crippen LogP contribution in [-0.2, 0) is 95.3 Å². The number of amides is 10. The second-order valence-corrected chi connectivity index (χ2v) is 38.4. The van der Waals surface area contributed by atoms with Crippen LogP contribution in [0.3, 0.4) is 0 Å². The van der Waals surface area contributed by atoms with Crippen molar-refractivity contribution < 1.29 is 95.3 Å². The minimum atomic E-state index is -0.0481. The highest BCUT2D eigenvalue weighted by Gasteiger charge is 2.40. The van der Waals surface area contributed by atoms with E-state index in [2.05, 4.69) is 53.2 Å². The van der Waals surface area contributed by atoms with Crippen LogP contribution < -0.4 is 53.2 Å². The summed E-state index contributed by atoms with van der Waals surface area (Å²) in [5.74, 6) is 9.99. The van der Waals surface area contributed by atoms with Gasteiger partial charge < -0.3 is 101 Å². The lowest BCUT2D eigenvalue weighted by Gasteiger charge is -2.16. The molecule has 10 aliphatic rings. The average Bonchev–Trinajstić information content (AvgIpc) is 1.73. The van der Waals surface area contributed by atoms with E-state index < -0.39 is 0 Å². The van der Waals surface area contributed by atoms with E-state index in [1.54, 1.807) is 0 Å². The molecule has 30 heteroatoms. The van der Waals surface area contributed by atoms with Crippen LogP contribution >= 0.6 is 0 Å². The molecule has 10 amide bonds. The van der Waals surface area contributed by atoms with Gasteiger partial charge in [0.05, 0.1) is 132 Å². The lowest BCUT2D eigenvalue weighted by atomic mass is 9.95. The SMILES string of the molecule is CC(=O)NCCOCCOCCNC(=O)C(CCCCC1CC1)C1CC1.CC(=O)NCCOCCOCCNC(=O)C(CCCCC1CC1)C1CC1.CC(=O)NCCOCCOCCNC(=O)C(CCCCC1CC1)C1CC1.CC(=O)NCCOCCOCCNC(=O)C(CCCCC1CC1)C1CC1.CC(=O)NCCOCCOCCNC(=O)C(CCCCC1CC1)C1CC1. The lowest BCUT2D eigenvalue weighted by molar-refractivity contribution is -0.127. The Labute approximate surface area is 781 Å². The standard InChI is InChI=1S/5C20H36N2O4/c5*1-16(23)21-10-12-25-14-15-26-13-11-22-20(24)19(18-8-9-18)5-3-2-4-17-6-7-17/h5*17-19H,2-15H2,1H3,(H,21,23)(H,22,24). The van der Waals surface area contributed by atoms with E-state index in [9.17, 15) is 47.9 Å². The van der Waals surface area contributed by atoms with Gasteiger partial charge in [-0.3, -0.25) is 47.9 Å². The molecule has 0 aromatic heterocycles. The molecule has 0 aromatic rings. The van der Waals surface area contributed by atoms with Crippen LogP contribution in [-0.4, -0.2) is 257 Å². The summed E-state index contributed by atoms with van der Waals surface area (Å²) in [7, 11) is 0. The second kappa shape index (κ2) is 72.7. The molecule has 0 aromatic carbocycles. The zero-order chi connectivity index (χ0) is 93.1. The molecule has 30 nitrogen and oxygen atoms in total. The van der Waals surface area contributed by atoms with Crippen LogP contribution in [0.5, 0.6) is 0 Å². The third-order valence-corrected chi connectivity index (χ3v) is 25.7. The first kappa shape index (κ1) is 113. The van der Waals surface area contributed by atoms with E-state index in [1.807, 2.05) is 0 Å². The summed E-state index contributed by atoms with van der Waals surface area (Å²) in [4.78, 5) is 115. The van der Waals surface area contributed by atoms with Gasteiger partial charge >= 0.3 is 0 Å². The topological polar surface area (TPSA) is 383 Å². The summed E-state index contributed by atoms with van der Waals surface area (Å²) in [6, 6.07) is 0. The number of ether oxygens (including phenoxy) is 10. The van der Waals surface area contributed by atoms with Gasteiger partial charge in [0.25, 0.3) is 0 Å². The minimum absolute atomic E-state index is 0.0481. The highest BCUT2D eigenvalue weighted by molar-refractivity contribution is 5.81. The Morgan fingerprint density at radius 1 is 0.185 bits per heavy atom. The van der Waals surface area contributed by atoms with Crippen molar-refractivity contribution in [1.29, 1.82) is 0 Å². The van der Waals surface area contributed by atoms with Crippen molar-refractivity contribution in [2.75, 3.05) is 198 Å². The van der Waals surface area contributed by atoms with Gasteiger partial charge in [-0.15, -0.1) is 0 Å². The molecule has 10 fully saturated rings. The summed E-state index contributed by atoms with van der Waals surface area (Å²) >= 11 is 0. The zero-order valence-corrected chi connectivity index (χ0v) is 81.3. The molecule has 0 saturated heterocycles. The Hall–Kier alpha value is -5.70. The Kier molecular flexibility index (Phi) is 63.2. The monoisotopic (exact) mass is 1840 g/mol. The molecule has 130 heavy (non-hydrogen) atoms. The van der Waals surface area contributed by atoms with E-state index in [0.29, 0.717) is 227 Å².